The molecule has 0 spiro atoms. The van der Waals surface area contributed by atoms with E-state index in [-0.39, 0.29) is 18.6 Å². The second kappa shape index (κ2) is 7.09. The van der Waals surface area contributed by atoms with Crippen LogP contribution in [0.2, 0.25) is 0 Å². The van der Waals surface area contributed by atoms with Gasteiger partial charge in [-0.1, -0.05) is 26.0 Å². The Bertz CT molecular complexity index is 575. The highest BCUT2D eigenvalue weighted by Crippen LogP contribution is 2.20. The molecule has 1 atom stereocenters. The van der Waals surface area contributed by atoms with Gasteiger partial charge in [0.05, 0.1) is 25.2 Å². The summed E-state index contributed by atoms with van der Waals surface area (Å²) in [4.78, 5) is 12.3. The maximum atomic E-state index is 12.3. The van der Waals surface area contributed by atoms with E-state index in [0.29, 0.717) is 11.5 Å². The van der Waals surface area contributed by atoms with Crippen molar-refractivity contribution >= 4 is 5.91 Å². The molecule has 2 aromatic rings. The van der Waals surface area contributed by atoms with E-state index in [2.05, 4.69) is 19.2 Å². The van der Waals surface area contributed by atoms with Crippen molar-refractivity contribution in [2.75, 3.05) is 6.61 Å². The maximum Gasteiger partial charge on any atom is 0.251 e. The van der Waals surface area contributed by atoms with Gasteiger partial charge in [0.25, 0.3) is 5.91 Å². The first-order chi connectivity index (χ1) is 10.1. The Labute approximate surface area is 124 Å². The number of aliphatic hydroxyl groups is 1. The molecule has 0 radical (unpaired) electrons. The predicted molar refractivity (Wildman–Crippen MR) is 81.9 cm³/mol. The second-order valence-electron chi connectivity index (χ2n) is 5.58. The second-order valence-corrected chi connectivity index (χ2v) is 5.58. The largest absolute Gasteiger partial charge is 0.472 e. The molecule has 2 N–H and O–H groups in total. The first-order valence-electron chi connectivity index (χ1n) is 7.14. The molecule has 0 saturated heterocycles. The number of carbonyl (C=O) groups excluding carboxylic acids is 1. The van der Waals surface area contributed by atoms with E-state index in [1.807, 2.05) is 24.3 Å². The zero-order valence-electron chi connectivity index (χ0n) is 12.4. The predicted octanol–water partition coefficient (Wildman–Crippen LogP) is 3.08. The molecule has 0 aliphatic heterocycles. The van der Waals surface area contributed by atoms with E-state index in [1.54, 1.807) is 18.6 Å². The van der Waals surface area contributed by atoms with E-state index < -0.39 is 0 Å². The summed E-state index contributed by atoms with van der Waals surface area (Å²) >= 11 is 0. The lowest BCUT2D eigenvalue weighted by Crippen LogP contribution is -2.38. The monoisotopic (exact) mass is 287 g/mol. The number of hydrogen-bond donors (Lipinski definition) is 2. The first-order valence-corrected chi connectivity index (χ1v) is 7.14. The van der Waals surface area contributed by atoms with Crippen LogP contribution in [-0.4, -0.2) is 23.7 Å². The summed E-state index contributed by atoms with van der Waals surface area (Å²) in [6.45, 7) is 4.08. The molecular formula is C17H21NO3. The highest BCUT2D eigenvalue weighted by Gasteiger charge is 2.15. The van der Waals surface area contributed by atoms with Gasteiger partial charge < -0.3 is 14.8 Å². The lowest BCUT2D eigenvalue weighted by molar-refractivity contribution is 0.0908. The van der Waals surface area contributed by atoms with Crippen molar-refractivity contribution < 1.29 is 14.3 Å². The molecule has 1 aromatic carbocycles. The SMILES string of the molecule is CC(C)CC(CO)NC(=O)c1cccc(-c2ccoc2)c1. The van der Waals surface area contributed by atoms with Gasteiger partial charge in [-0.2, -0.15) is 0 Å². The fourth-order valence-corrected chi connectivity index (χ4v) is 2.29. The van der Waals surface area contributed by atoms with Crippen molar-refractivity contribution in [3.63, 3.8) is 0 Å². The van der Waals surface area contributed by atoms with E-state index in [9.17, 15) is 9.90 Å². The average molecular weight is 287 g/mol. The van der Waals surface area contributed by atoms with Crippen LogP contribution in [0, 0.1) is 5.92 Å². The first kappa shape index (κ1) is 15.3. The third-order valence-electron chi connectivity index (χ3n) is 3.29. The van der Waals surface area contributed by atoms with Gasteiger partial charge in [-0.15, -0.1) is 0 Å². The molecule has 1 unspecified atom stereocenters. The molecule has 0 aliphatic rings. The molecule has 4 heteroatoms. The number of aliphatic hydroxyl groups excluding tert-OH is 1. The van der Waals surface area contributed by atoms with Crippen LogP contribution in [0.15, 0.2) is 47.3 Å². The van der Waals surface area contributed by atoms with Crippen molar-refractivity contribution in [3.05, 3.63) is 48.4 Å². The number of carbonyl (C=O) groups is 1. The van der Waals surface area contributed by atoms with Crippen LogP contribution >= 0.6 is 0 Å². The van der Waals surface area contributed by atoms with Gasteiger partial charge >= 0.3 is 0 Å². The van der Waals surface area contributed by atoms with Gasteiger partial charge in [-0.3, -0.25) is 4.79 Å². The summed E-state index contributed by atoms with van der Waals surface area (Å²) in [5.41, 5.74) is 2.45. The summed E-state index contributed by atoms with van der Waals surface area (Å²) in [7, 11) is 0. The molecule has 1 aromatic heterocycles. The third kappa shape index (κ3) is 4.20. The van der Waals surface area contributed by atoms with Crippen molar-refractivity contribution in [3.8, 4) is 11.1 Å². The van der Waals surface area contributed by atoms with Crippen LogP contribution < -0.4 is 5.32 Å². The van der Waals surface area contributed by atoms with Crippen LogP contribution in [0.1, 0.15) is 30.6 Å². The average Bonchev–Trinajstić information content (AvgIpc) is 3.00. The van der Waals surface area contributed by atoms with E-state index in [1.165, 1.54) is 0 Å². The van der Waals surface area contributed by atoms with E-state index >= 15 is 0 Å². The van der Waals surface area contributed by atoms with Crippen molar-refractivity contribution in [2.45, 2.75) is 26.3 Å². The minimum absolute atomic E-state index is 0.0503. The smallest absolute Gasteiger partial charge is 0.251 e. The highest BCUT2D eigenvalue weighted by atomic mass is 16.3. The van der Waals surface area contributed by atoms with Crippen LogP contribution in [0.5, 0.6) is 0 Å². The summed E-state index contributed by atoms with van der Waals surface area (Å²) in [5.74, 6) is 0.250. The van der Waals surface area contributed by atoms with Gasteiger partial charge in [0, 0.05) is 11.1 Å². The molecule has 0 fully saturated rings. The standard InChI is InChI=1S/C17H21NO3/c1-12(2)8-16(10-19)18-17(20)14-5-3-4-13(9-14)15-6-7-21-11-15/h3-7,9,11-12,16,19H,8,10H2,1-2H3,(H,18,20). The van der Waals surface area contributed by atoms with Crippen molar-refractivity contribution in [1.82, 2.24) is 5.32 Å². The lowest BCUT2D eigenvalue weighted by atomic mass is 10.0. The number of benzene rings is 1. The molecule has 1 heterocycles. The third-order valence-corrected chi connectivity index (χ3v) is 3.29. The molecule has 2 rings (SSSR count). The minimum atomic E-state index is -0.213. The normalized spacial score (nSPS) is 12.4. The summed E-state index contributed by atoms with van der Waals surface area (Å²) < 4.78 is 5.06. The fourth-order valence-electron chi connectivity index (χ4n) is 2.29. The van der Waals surface area contributed by atoms with Gasteiger partial charge in [0.1, 0.15) is 0 Å². The topological polar surface area (TPSA) is 62.5 Å². The summed E-state index contributed by atoms with van der Waals surface area (Å²) in [6.07, 6.45) is 4.00. The Hall–Kier alpha value is -2.07. The fraction of sp³-hybridized carbons (Fsp3) is 0.353. The Morgan fingerprint density at radius 3 is 2.71 bits per heavy atom. The van der Waals surface area contributed by atoms with Crippen LogP contribution in [0.25, 0.3) is 11.1 Å². The van der Waals surface area contributed by atoms with Gasteiger partial charge in [0.2, 0.25) is 0 Å². The molecule has 1 amide bonds. The summed E-state index contributed by atoms with van der Waals surface area (Å²) in [6, 6.07) is 9.00. The van der Waals surface area contributed by atoms with Gasteiger partial charge in [-0.25, -0.2) is 0 Å². The Kier molecular flexibility index (Phi) is 5.17. The summed E-state index contributed by atoms with van der Waals surface area (Å²) in [5, 5.41) is 12.2. The molecule has 21 heavy (non-hydrogen) atoms. The molecule has 0 saturated carbocycles. The zero-order chi connectivity index (χ0) is 15.2. The van der Waals surface area contributed by atoms with E-state index in [4.69, 9.17) is 4.42 Å². The minimum Gasteiger partial charge on any atom is -0.472 e. The molecule has 4 nitrogen and oxygen atoms in total. The quantitative estimate of drug-likeness (QED) is 0.858. The van der Waals surface area contributed by atoms with E-state index in [0.717, 1.165) is 17.5 Å². The number of hydrogen-bond acceptors (Lipinski definition) is 3. The van der Waals surface area contributed by atoms with Gasteiger partial charge in [0.15, 0.2) is 0 Å². The molecule has 112 valence electrons. The van der Waals surface area contributed by atoms with Crippen molar-refractivity contribution in [2.24, 2.45) is 5.92 Å². The lowest BCUT2D eigenvalue weighted by Gasteiger charge is -2.18. The molecule has 0 bridgehead atoms. The molecular weight excluding hydrogens is 266 g/mol. The zero-order valence-corrected chi connectivity index (χ0v) is 12.4. The van der Waals surface area contributed by atoms with Crippen molar-refractivity contribution in [1.29, 1.82) is 0 Å². The highest BCUT2D eigenvalue weighted by molar-refractivity contribution is 5.95. The molecule has 0 aliphatic carbocycles. The van der Waals surface area contributed by atoms with Gasteiger partial charge in [-0.05, 0) is 36.1 Å². The van der Waals surface area contributed by atoms with Crippen LogP contribution in [0.3, 0.4) is 0 Å². The van der Waals surface area contributed by atoms with Crippen LogP contribution in [0.4, 0.5) is 0 Å². The Morgan fingerprint density at radius 2 is 2.10 bits per heavy atom. The van der Waals surface area contributed by atoms with Crippen LogP contribution in [-0.2, 0) is 0 Å². The Morgan fingerprint density at radius 1 is 1.29 bits per heavy atom. The maximum absolute atomic E-state index is 12.3. The Balaban J connectivity index is 2.10. The number of amides is 1. The number of rotatable bonds is 6. The number of furan rings is 1. The number of nitrogens with one attached hydrogen (secondary N) is 1.